The monoisotopic (exact) mass is 313 g/mol. The molecule has 0 amide bonds. The van der Waals surface area contributed by atoms with E-state index in [-0.39, 0.29) is 6.04 Å². The number of benzene rings is 1. The van der Waals surface area contributed by atoms with Crippen molar-refractivity contribution in [3.63, 3.8) is 0 Å². The van der Waals surface area contributed by atoms with Crippen molar-refractivity contribution in [2.45, 2.75) is 26.3 Å². The molecule has 0 bridgehead atoms. The zero-order chi connectivity index (χ0) is 14.0. The fourth-order valence-corrected chi connectivity index (χ4v) is 3.78. The van der Waals surface area contributed by atoms with E-state index in [1.807, 2.05) is 13.1 Å². The lowest BCUT2D eigenvalue weighted by Crippen LogP contribution is -2.19. The van der Waals surface area contributed by atoms with Gasteiger partial charge in [0.1, 0.15) is 0 Å². The van der Waals surface area contributed by atoms with Gasteiger partial charge in [0.25, 0.3) is 0 Å². The summed E-state index contributed by atoms with van der Waals surface area (Å²) in [6.07, 6.45) is 0.913. The Hall–Kier alpha value is -0.540. The highest BCUT2D eigenvalue weighted by molar-refractivity contribution is 7.20. The Kier molecular flexibility index (Phi) is 4.91. The lowest BCUT2D eigenvalue weighted by Gasteiger charge is -2.17. The molecule has 0 aliphatic heterocycles. The minimum Gasteiger partial charge on any atom is -0.313 e. The molecule has 1 heterocycles. The molecule has 1 N–H and O–H groups in total. The number of hydrogen-bond acceptors (Lipinski definition) is 2. The number of hydrogen-bond donors (Lipinski definition) is 1. The van der Waals surface area contributed by atoms with Gasteiger partial charge in [0.2, 0.25) is 0 Å². The average Bonchev–Trinajstić information content (AvgIpc) is 2.69. The molecule has 4 heteroatoms. The van der Waals surface area contributed by atoms with Gasteiger partial charge in [-0.1, -0.05) is 47.0 Å². The molecule has 102 valence electrons. The molecule has 1 atom stereocenters. The quantitative estimate of drug-likeness (QED) is 0.820. The standard InChI is InChI=1S/C15H17Cl2NS/c1-9-4-5-10(2)11(6-9)7-13(18-3)12-8-14(16)19-15(12)17/h4-6,8,13,18H,7H2,1-3H3. The van der Waals surface area contributed by atoms with E-state index in [1.54, 1.807) is 0 Å². The summed E-state index contributed by atoms with van der Waals surface area (Å²) in [6, 6.07) is 8.70. The Morgan fingerprint density at radius 2 is 1.95 bits per heavy atom. The van der Waals surface area contributed by atoms with Crippen LogP contribution in [0, 0.1) is 13.8 Å². The maximum Gasteiger partial charge on any atom is 0.0992 e. The molecule has 2 rings (SSSR count). The molecule has 0 aliphatic rings. The molecule has 0 aliphatic carbocycles. The summed E-state index contributed by atoms with van der Waals surface area (Å²) < 4.78 is 1.51. The summed E-state index contributed by atoms with van der Waals surface area (Å²) in [5.74, 6) is 0. The molecule has 1 unspecified atom stereocenters. The van der Waals surface area contributed by atoms with Crippen LogP contribution >= 0.6 is 34.5 Å². The molecule has 0 spiro atoms. The topological polar surface area (TPSA) is 12.0 Å². The van der Waals surface area contributed by atoms with Crippen molar-refractivity contribution in [3.05, 3.63) is 55.2 Å². The molecule has 0 fully saturated rings. The Labute approximate surface area is 128 Å². The first-order valence-electron chi connectivity index (χ1n) is 6.19. The third-order valence-electron chi connectivity index (χ3n) is 3.34. The summed E-state index contributed by atoms with van der Waals surface area (Å²) >= 11 is 13.7. The molecule has 0 saturated heterocycles. The summed E-state index contributed by atoms with van der Waals surface area (Å²) in [6.45, 7) is 4.26. The molecular weight excluding hydrogens is 297 g/mol. The number of halogens is 2. The smallest absolute Gasteiger partial charge is 0.0992 e. The van der Waals surface area contributed by atoms with Gasteiger partial charge < -0.3 is 5.32 Å². The van der Waals surface area contributed by atoms with Crippen LogP contribution in [0.5, 0.6) is 0 Å². The molecule has 1 nitrogen and oxygen atoms in total. The second-order valence-electron chi connectivity index (χ2n) is 4.75. The normalized spacial score (nSPS) is 12.7. The number of rotatable bonds is 4. The van der Waals surface area contributed by atoms with Crippen LogP contribution < -0.4 is 5.32 Å². The van der Waals surface area contributed by atoms with E-state index in [2.05, 4.69) is 37.4 Å². The van der Waals surface area contributed by atoms with Gasteiger partial charge in [-0.2, -0.15) is 0 Å². The van der Waals surface area contributed by atoms with E-state index in [1.165, 1.54) is 28.0 Å². The first kappa shape index (κ1) is 14.9. The average molecular weight is 314 g/mol. The van der Waals surface area contributed by atoms with Gasteiger partial charge >= 0.3 is 0 Å². The summed E-state index contributed by atoms with van der Waals surface area (Å²) in [4.78, 5) is 0. The molecule has 0 radical (unpaired) electrons. The van der Waals surface area contributed by atoms with Gasteiger partial charge in [-0.3, -0.25) is 0 Å². The predicted molar refractivity (Wildman–Crippen MR) is 85.8 cm³/mol. The number of aryl methyl sites for hydroxylation is 2. The fraction of sp³-hybridized carbons (Fsp3) is 0.333. The summed E-state index contributed by atoms with van der Waals surface area (Å²) in [5, 5.41) is 3.33. The van der Waals surface area contributed by atoms with Crippen LogP contribution in [0.25, 0.3) is 0 Å². The highest BCUT2D eigenvalue weighted by atomic mass is 35.5. The molecule has 1 aromatic heterocycles. The van der Waals surface area contributed by atoms with E-state index < -0.39 is 0 Å². The zero-order valence-corrected chi connectivity index (χ0v) is 13.6. The second-order valence-corrected chi connectivity index (χ2v) is 7.04. The third-order valence-corrected chi connectivity index (χ3v) is 4.85. The minimum absolute atomic E-state index is 0.191. The lowest BCUT2D eigenvalue weighted by atomic mass is 9.96. The summed E-state index contributed by atoms with van der Waals surface area (Å²) in [7, 11) is 1.96. The van der Waals surface area contributed by atoms with Crippen LogP contribution in [-0.4, -0.2) is 7.05 Å². The predicted octanol–water partition coefficient (Wildman–Crippen LogP) is 5.17. The number of likely N-dealkylation sites (N-methyl/N-ethyl adjacent to an activating group) is 1. The summed E-state index contributed by atoms with van der Waals surface area (Å²) in [5.41, 5.74) is 5.02. The van der Waals surface area contributed by atoms with Crippen LogP contribution in [-0.2, 0) is 6.42 Å². The van der Waals surface area contributed by atoms with Gasteiger partial charge in [0.05, 0.1) is 8.67 Å². The Balaban J connectivity index is 2.29. The van der Waals surface area contributed by atoms with Crippen molar-refractivity contribution in [1.82, 2.24) is 5.32 Å². The molecule has 19 heavy (non-hydrogen) atoms. The van der Waals surface area contributed by atoms with E-state index in [4.69, 9.17) is 23.2 Å². The maximum atomic E-state index is 6.25. The second kappa shape index (κ2) is 6.27. The molecular formula is C15H17Cl2NS. The number of nitrogens with one attached hydrogen (secondary N) is 1. The van der Waals surface area contributed by atoms with Gasteiger partial charge in [0.15, 0.2) is 0 Å². The Morgan fingerprint density at radius 1 is 1.21 bits per heavy atom. The maximum absolute atomic E-state index is 6.25. The highest BCUT2D eigenvalue weighted by Gasteiger charge is 2.17. The molecule has 1 aromatic carbocycles. The van der Waals surface area contributed by atoms with E-state index in [0.717, 1.165) is 20.7 Å². The SMILES string of the molecule is CNC(Cc1cc(C)ccc1C)c1cc(Cl)sc1Cl. The first-order chi connectivity index (χ1) is 9.01. The Morgan fingerprint density at radius 3 is 2.53 bits per heavy atom. The Bertz CT molecular complexity index is 578. The first-order valence-corrected chi connectivity index (χ1v) is 7.76. The van der Waals surface area contributed by atoms with E-state index in [0.29, 0.717) is 0 Å². The van der Waals surface area contributed by atoms with Crippen molar-refractivity contribution in [1.29, 1.82) is 0 Å². The largest absolute Gasteiger partial charge is 0.313 e. The fourth-order valence-electron chi connectivity index (χ4n) is 2.20. The minimum atomic E-state index is 0.191. The van der Waals surface area contributed by atoms with Crippen LogP contribution in [0.15, 0.2) is 24.3 Å². The van der Waals surface area contributed by atoms with Crippen molar-refractivity contribution in [3.8, 4) is 0 Å². The van der Waals surface area contributed by atoms with Crippen LogP contribution in [0.1, 0.15) is 28.3 Å². The van der Waals surface area contributed by atoms with Gasteiger partial charge in [-0.15, -0.1) is 11.3 Å². The van der Waals surface area contributed by atoms with Crippen molar-refractivity contribution in [2.75, 3.05) is 7.05 Å². The highest BCUT2D eigenvalue weighted by Crippen LogP contribution is 2.36. The van der Waals surface area contributed by atoms with Crippen LogP contribution in [0.2, 0.25) is 8.67 Å². The van der Waals surface area contributed by atoms with E-state index >= 15 is 0 Å². The van der Waals surface area contributed by atoms with Crippen LogP contribution in [0.3, 0.4) is 0 Å². The van der Waals surface area contributed by atoms with Gasteiger partial charge in [-0.25, -0.2) is 0 Å². The molecule has 2 aromatic rings. The van der Waals surface area contributed by atoms with E-state index in [9.17, 15) is 0 Å². The molecule has 0 saturated carbocycles. The van der Waals surface area contributed by atoms with Gasteiger partial charge in [-0.05, 0) is 44.5 Å². The van der Waals surface area contributed by atoms with Crippen molar-refractivity contribution < 1.29 is 0 Å². The van der Waals surface area contributed by atoms with Crippen molar-refractivity contribution in [2.24, 2.45) is 0 Å². The van der Waals surface area contributed by atoms with Crippen LogP contribution in [0.4, 0.5) is 0 Å². The zero-order valence-electron chi connectivity index (χ0n) is 11.3. The lowest BCUT2D eigenvalue weighted by molar-refractivity contribution is 0.592. The van der Waals surface area contributed by atoms with Crippen molar-refractivity contribution >= 4 is 34.5 Å². The number of thiophene rings is 1. The third kappa shape index (κ3) is 3.51. The van der Waals surface area contributed by atoms with Gasteiger partial charge in [0, 0.05) is 11.6 Å².